The number of hydrogen-bond donors (Lipinski definition) is 3. The van der Waals surface area contributed by atoms with Crippen LogP contribution >= 0.6 is 12.2 Å². The second-order valence-corrected chi connectivity index (χ2v) is 10.2. The number of para-hydroxylation sites is 1. The Bertz CT molecular complexity index is 1760. The van der Waals surface area contributed by atoms with Gasteiger partial charge in [-0.05, 0) is 85.0 Å². The number of ether oxygens (including phenoxy) is 1. The van der Waals surface area contributed by atoms with Crippen molar-refractivity contribution in [1.29, 1.82) is 0 Å². The monoisotopic (exact) mass is 590 g/mol. The Morgan fingerprint density at radius 3 is 2.49 bits per heavy atom. The molecule has 0 aliphatic carbocycles. The largest absolute Gasteiger partial charge is 0.484 e. The molecule has 6 rings (SSSR count). The fourth-order valence-corrected chi connectivity index (χ4v) is 5.31. The summed E-state index contributed by atoms with van der Waals surface area (Å²) in [5.41, 5.74) is 3.00. The molecule has 0 spiro atoms. The zero-order valence-corrected chi connectivity index (χ0v) is 23.5. The topological polar surface area (TPSA) is 117 Å². The average molecular weight is 591 g/mol. The lowest BCUT2D eigenvalue weighted by molar-refractivity contribution is -0.118. The van der Waals surface area contributed by atoms with Crippen LogP contribution in [0.1, 0.15) is 33.9 Å². The lowest BCUT2D eigenvalue weighted by Gasteiger charge is -2.26. The lowest BCUT2D eigenvalue weighted by Crippen LogP contribution is -2.29. The molecule has 0 unspecified atom stereocenters. The van der Waals surface area contributed by atoms with Crippen molar-refractivity contribution in [3.8, 4) is 17.1 Å². The van der Waals surface area contributed by atoms with E-state index in [1.54, 1.807) is 48.7 Å². The zero-order chi connectivity index (χ0) is 29.8. The summed E-state index contributed by atoms with van der Waals surface area (Å²) in [5, 5.41) is 16.2. The molecule has 0 radical (unpaired) electrons. The van der Waals surface area contributed by atoms with Crippen molar-refractivity contribution in [2.24, 2.45) is 0 Å². The van der Waals surface area contributed by atoms with Crippen LogP contribution in [0.2, 0.25) is 0 Å². The number of aromatic nitrogens is 1. The number of benzene rings is 3. The van der Waals surface area contributed by atoms with Gasteiger partial charge in [0.05, 0.1) is 17.3 Å². The van der Waals surface area contributed by atoms with Crippen LogP contribution in [-0.2, 0) is 4.79 Å². The molecule has 2 aromatic heterocycles. The minimum atomic E-state index is -1.01. The number of anilines is 2. The second-order valence-electron chi connectivity index (χ2n) is 9.78. The molecule has 10 heteroatoms. The van der Waals surface area contributed by atoms with Gasteiger partial charge in [0.2, 0.25) is 0 Å². The number of amides is 1. The fourth-order valence-electron chi connectivity index (χ4n) is 4.96. The van der Waals surface area contributed by atoms with Gasteiger partial charge in [-0.15, -0.1) is 0 Å². The Morgan fingerprint density at radius 1 is 0.953 bits per heavy atom. The molecule has 2 atom stereocenters. The number of nitrogens with zero attached hydrogens (tertiary/aromatic N) is 2. The Kier molecular flexibility index (Phi) is 7.84. The third kappa shape index (κ3) is 6.09. The molecular formula is C33H26N4O5S. The first-order chi connectivity index (χ1) is 21.0. The van der Waals surface area contributed by atoms with E-state index >= 15 is 0 Å². The number of furan rings is 1. The van der Waals surface area contributed by atoms with Gasteiger partial charge < -0.3 is 29.8 Å². The van der Waals surface area contributed by atoms with Gasteiger partial charge in [-0.1, -0.05) is 36.4 Å². The molecule has 3 N–H and O–H groups in total. The summed E-state index contributed by atoms with van der Waals surface area (Å²) < 4.78 is 11.9. The van der Waals surface area contributed by atoms with Crippen LogP contribution in [0.3, 0.4) is 0 Å². The first kappa shape index (κ1) is 27.7. The Morgan fingerprint density at radius 2 is 1.74 bits per heavy atom. The summed E-state index contributed by atoms with van der Waals surface area (Å²) in [6.07, 6.45) is 1.73. The van der Waals surface area contributed by atoms with Crippen LogP contribution in [0.25, 0.3) is 11.3 Å². The van der Waals surface area contributed by atoms with E-state index in [2.05, 4.69) is 15.6 Å². The number of hydrogen-bond acceptors (Lipinski definition) is 6. The van der Waals surface area contributed by atoms with Crippen LogP contribution in [0, 0.1) is 0 Å². The fraction of sp³-hybridized carbons (Fsp3) is 0.0909. The minimum Gasteiger partial charge on any atom is -0.484 e. The van der Waals surface area contributed by atoms with Crippen LogP contribution in [0.4, 0.5) is 11.4 Å². The number of rotatable bonds is 9. The van der Waals surface area contributed by atoms with E-state index in [1.807, 2.05) is 65.6 Å². The smallest absolute Gasteiger partial charge is 0.335 e. The number of carbonyl (C=O) groups excluding carboxylic acids is 1. The number of nitrogens with one attached hydrogen (secondary N) is 2. The summed E-state index contributed by atoms with van der Waals surface area (Å²) in [6.45, 7) is -0.115. The Balaban J connectivity index is 1.26. The highest BCUT2D eigenvalue weighted by Crippen LogP contribution is 2.43. The van der Waals surface area contributed by atoms with Gasteiger partial charge in [0, 0.05) is 23.1 Å². The van der Waals surface area contributed by atoms with E-state index in [0.29, 0.717) is 33.6 Å². The highest BCUT2D eigenvalue weighted by atomic mass is 32.1. The van der Waals surface area contributed by atoms with E-state index in [9.17, 15) is 14.7 Å². The van der Waals surface area contributed by atoms with Gasteiger partial charge in [-0.3, -0.25) is 9.78 Å². The van der Waals surface area contributed by atoms with Gasteiger partial charge in [-0.25, -0.2) is 4.79 Å². The van der Waals surface area contributed by atoms with Gasteiger partial charge in [0.1, 0.15) is 23.3 Å². The van der Waals surface area contributed by atoms with Crippen molar-refractivity contribution < 1.29 is 23.8 Å². The van der Waals surface area contributed by atoms with Crippen molar-refractivity contribution in [3.63, 3.8) is 0 Å². The summed E-state index contributed by atoms with van der Waals surface area (Å²) in [4.78, 5) is 30.5. The first-order valence-corrected chi connectivity index (χ1v) is 13.9. The molecule has 214 valence electrons. The Labute approximate surface area is 252 Å². The molecule has 5 aromatic rings. The van der Waals surface area contributed by atoms with Crippen molar-refractivity contribution in [2.45, 2.75) is 12.1 Å². The number of carboxylic acids is 1. The van der Waals surface area contributed by atoms with Crippen molar-refractivity contribution in [3.05, 3.63) is 132 Å². The summed E-state index contributed by atoms with van der Waals surface area (Å²) >= 11 is 5.80. The third-order valence-electron chi connectivity index (χ3n) is 6.95. The Hall–Kier alpha value is -5.48. The van der Waals surface area contributed by atoms with E-state index in [4.69, 9.17) is 21.4 Å². The molecule has 3 heterocycles. The number of aromatic carboxylic acids is 1. The highest BCUT2D eigenvalue weighted by molar-refractivity contribution is 7.80. The van der Waals surface area contributed by atoms with Crippen LogP contribution in [-0.4, -0.2) is 33.7 Å². The third-order valence-corrected chi connectivity index (χ3v) is 7.27. The van der Waals surface area contributed by atoms with Gasteiger partial charge in [0.25, 0.3) is 5.91 Å². The lowest BCUT2D eigenvalue weighted by atomic mass is 10.0. The number of pyridine rings is 1. The van der Waals surface area contributed by atoms with Gasteiger partial charge in [-0.2, -0.15) is 0 Å². The summed E-state index contributed by atoms with van der Waals surface area (Å²) in [6, 6.07) is 31.7. The van der Waals surface area contributed by atoms with Crippen LogP contribution < -0.4 is 20.3 Å². The van der Waals surface area contributed by atoms with Crippen molar-refractivity contribution >= 4 is 40.6 Å². The normalized spacial score (nSPS) is 16.0. The van der Waals surface area contributed by atoms with Crippen molar-refractivity contribution in [2.75, 3.05) is 16.8 Å². The number of thiocarbonyl (C=S) groups is 1. The maximum absolute atomic E-state index is 12.5. The molecule has 1 saturated heterocycles. The van der Waals surface area contributed by atoms with E-state index in [0.717, 1.165) is 11.4 Å². The average Bonchev–Trinajstić information content (AvgIpc) is 3.66. The SMILES string of the molecule is O=C(COc1ccccc1)Nc1ccc(N2C(=S)N[C@@H](c3ccccn3)[C@H]2c2ccc(-c3cccc(C(=O)O)c3)o2)cc1. The van der Waals surface area contributed by atoms with E-state index < -0.39 is 12.0 Å². The quantitative estimate of drug-likeness (QED) is 0.172. The molecule has 3 aromatic carbocycles. The number of carbonyl (C=O) groups is 2. The molecule has 1 aliphatic rings. The second kappa shape index (κ2) is 12.2. The minimum absolute atomic E-state index is 0.115. The summed E-state index contributed by atoms with van der Waals surface area (Å²) in [5.74, 6) is 0.481. The molecule has 1 aliphatic heterocycles. The maximum atomic E-state index is 12.5. The molecule has 0 bridgehead atoms. The molecule has 0 saturated carbocycles. The van der Waals surface area contributed by atoms with Crippen LogP contribution in [0.15, 0.2) is 120 Å². The predicted molar refractivity (Wildman–Crippen MR) is 166 cm³/mol. The summed E-state index contributed by atoms with van der Waals surface area (Å²) in [7, 11) is 0. The number of carboxylic acid groups (broad SMARTS) is 1. The molecule has 1 fully saturated rings. The van der Waals surface area contributed by atoms with Crippen LogP contribution in [0.5, 0.6) is 5.75 Å². The molecule has 9 nitrogen and oxygen atoms in total. The van der Waals surface area contributed by atoms with E-state index in [1.165, 1.54) is 6.07 Å². The zero-order valence-electron chi connectivity index (χ0n) is 22.7. The molecule has 43 heavy (non-hydrogen) atoms. The molecular weight excluding hydrogens is 564 g/mol. The maximum Gasteiger partial charge on any atom is 0.335 e. The standard InChI is InChI=1S/C33H26N4O5S/c38-29(20-41-25-9-2-1-3-10-25)35-23-12-14-24(15-13-23)37-31(30(36-33(37)43)26-11-4-5-18-34-26)28-17-16-27(42-28)21-7-6-8-22(19-21)32(39)40/h1-19,30-31H,20H2,(H,35,38)(H,36,43)(H,39,40)/t30-,31+/m0/s1. The highest BCUT2D eigenvalue weighted by Gasteiger charge is 2.42. The van der Waals surface area contributed by atoms with E-state index in [-0.39, 0.29) is 24.1 Å². The predicted octanol–water partition coefficient (Wildman–Crippen LogP) is 6.23. The first-order valence-electron chi connectivity index (χ1n) is 13.5. The van der Waals surface area contributed by atoms with Crippen molar-refractivity contribution in [1.82, 2.24) is 10.3 Å². The van der Waals surface area contributed by atoms with Gasteiger partial charge in [0.15, 0.2) is 11.7 Å². The van der Waals surface area contributed by atoms with Gasteiger partial charge >= 0.3 is 5.97 Å². The molecule has 1 amide bonds.